The molecule has 0 aliphatic carbocycles. The molecule has 2 aliphatic heterocycles. The number of hydrogen-bond acceptors (Lipinski definition) is 4. The van der Waals surface area contributed by atoms with Gasteiger partial charge in [0, 0.05) is 39.3 Å². The van der Waals surface area contributed by atoms with Crippen LogP contribution in [0.3, 0.4) is 0 Å². The highest BCUT2D eigenvalue weighted by Gasteiger charge is 2.27. The average Bonchev–Trinajstić information content (AvgIpc) is 3.05. The molecule has 1 atom stereocenters. The SMILES string of the molecule is CN(C[C@@H]1Cc2ccccc2CN1C)C(=O)c1cc2n(n1)CCNC2. The maximum absolute atomic E-state index is 12.8. The summed E-state index contributed by atoms with van der Waals surface area (Å²) in [7, 11) is 4.02. The number of amides is 1. The first-order valence-electron chi connectivity index (χ1n) is 8.92. The molecule has 2 aromatic rings. The van der Waals surface area contributed by atoms with Crippen molar-refractivity contribution in [2.75, 3.05) is 27.2 Å². The molecule has 0 unspecified atom stereocenters. The van der Waals surface area contributed by atoms with Crippen LogP contribution in [-0.4, -0.2) is 58.7 Å². The van der Waals surface area contributed by atoms with Crippen molar-refractivity contribution < 1.29 is 4.79 Å². The third-order valence-electron chi connectivity index (χ3n) is 5.34. The fourth-order valence-corrected chi connectivity index (χ4v) is 3.81. The fraction of sp³-hybridized carbons (Fsp3) is 0.474. The second-order valence-electron chi connectivity index (χ2n) is 7.15. The largest absolute Gasteiger partial charge is 0.339 e. The summed E-state index contributed by atoms with van der Waals surface area (Å²) in [5.74, 6) is 0.00848. The molecule has 1 N–H and O–H groups in total. The molecule has 3 heterocycles. The third-order valence-corrected chi connectivity index (χ3v) is 5.34. The van der Waals surface area contributed by atoms with Gasteiger partial charge in [-0.1, -0.05) is 24.3 Å². The van der Waals surface area contributed by atoms with Gasteiger partial charge in [0.1, 0.15) is 0 Å². The molecule has 0 bridgehead atoms. The lowest BCUT2D eigenvalue weighted by Crippen LogP contribution is -2.46. The summed E-state index contributed by atoms with van der Waals surface area (Å²) in [6.07, 6.45) is 0.980. The Morgan fingerprint density at radius 1 is 1.36 bits per heavy atom. The van der Waals surface area contributed by atoms with Gasteiger partial charge in [0.2, 0.25) is 0 Å². The van der Waals surface area contributed by atoms with Crippen LogP contribution in [-0.2, 0) is 26.1 Å². The Bertz CT molecular complexity index is 760. The van der Waals surface area contributed by atoms with Crippen molar-refractivity contribution in [3.05, 3.63) is 52.8 Å². The maximum atomic E-state index is 12.8. The van der Waals surface area contributed by atoms with Crippen LogP contribution in [0.25, 0.3) is 0 Å². The number of aromatic nitrogens is 2. The van der Waals surface area contributed by atoms with Crippen LogP contribution in [0.5, 0.6) is 0 Å². The summed E-state index contributed by atoms with van der Waals surface area (Å²) in [5.41, 5.74) is 4.44. The molecule has 0 fully saturated rings. The summed E-state index contributed by atoms with van der Waals surface area (Å²) < 4.78 is 1.94. The summed E-state index contributed by atoms with van der Waals surface area (Å²) >= 11 is 0. The molecule has 0 saturated carbocycles. The quantitative estimate of drug-likeness (QED) is 0.910. The van der Waals surface area contributed by atoms with Crippen molar-refractivity contribution in [1.82, 2.24) is 24.9 Å². The van der Waals surface area contributed by atoms with Crippen LogP contribution < -0.4 is 5.32 Å². The Morgan fingerprint density at radius 3 is 2.96 bits per heavy atom. The van der Waals surface area contributed by atoms with Gasteiger partial charge in [-0.2, -0.15) is 5.10 Å². The molecule has 1 amide bonds. The van der Waals surface area contributed by atoms with Crippen LogP contribution in [0.15, 0.2) is 30.3 Å². The van der Waals surface area contributed by atoms with Crippen LogP contribution in [0, 0.1) is 0 Å². The minimum Gasteiger partial charge on any atom is -0.339 e. The van der Waals surface area contributed by atoms with Gasteiger partial charge in [-0.3, -0.25) is 14.4 Å². The summed E-state index contributed by atoms with van der Waals surface area (Å²) in [5, 5.41) is 7.80. The lowest BCUT2D eigenvalue weighted by atomic mass is 9.94. The van der Waals surface area contributed by atoms with Gasteiger partial charge in [0.25, 0.3) is 5.91 Å². The van der Waals surface area contributed by atoms with Crippen LogP contribution in [0.2, 0.25) is 0 Å². The normalized spacial score (nSPS) is 20.0. The minimum atomic E-state index is 0.00848. The Hall–Kier alpha value is -2.18. The molecule has 2 aliphatic rings. The van der Waals surface area contributed by atoms with Crippen molar-refractivity contribution in [2.24, 2.45) is 0 Å². The number of hydrogen-bond donors (Lipinski definition) is 1. The van der Waals surface area contributed by atoms with Crippen molar-refractivity contribution in [2.45, 2.75) is 32.1 Å². The van der Waals surface area contributed by atoms with Crippen LogP contribution >= 0.6 is 0 Å². The molecule has 6 nitrogen and oxygen atoms in total. The summed E-state index contributed by atoms with van der Waals surface area (Å²) in [6, 6.07) is 10.8. The van der Waals surface area contributed by atoms with Crippen molar-refractivity contribution in [3.8, 4) is 0 Å². The van der Waals surface area contributed by atoms with Gasteiger partial charge in [0.15, 0.2) is 5.69 Å². The van der Waals surface area contributed by atoms with Gasteiger partial charge in [-0.15, -0.1) is 0 Å². The van der Waals surface area contributed by atoms with Gasteiger partial charge in [0.05, 0.1) is 12.2 Å². The highest BCUT2D eigenvalue weighted by atomic mass is 16.2. The number of likely N-dealkylation sites (N-methyl/N-ethyl adjacent to an activating group) is 2. The minimum absolute atomic E-state index is 0.00848. The number of nitrogens with zero attached hydrogens (tertiary/aromatic N) is 4. The van der Waals surface area contributed by atoms with Gasteiger partial charge >= 0.3 is 0 Å². The fourth-order valence-electron chi connectivity index (χ4n) is 3.81. The number of carbonyl (C=O) groups is 1. The highest BCUT2D eigenvalue weighted by Crippen LogP contribution is 2.22. The van der Waals surface area contributed by atoms with Crippen molar-refractivity contribution >= 4 is 5.91 Å². The number of carbonyl (C=O) groups excluding carboxylic acids is 1. The molecule has 0 radical (unpaired) electrons. The molecular weight excluding hydrogens is 314 g/mol. The van der Waals surface area contributed by atoms with E-state index in [9.17, 15) is 4.79 Å². The predicted molar refractivity (Wildman–Crippen MR) is 96.3 cm³/mol. The lowest BCUT2D eigenvalue weighted by Gasteiger charge is -2.36. The van der Waals surface area contributed by atoms with E-state index in [0.717, 1.165) is 38.3 Å². The molecular formula is C19H25N5O. The molecule has 0 saturated heterocycles. The number of benzene rings is 1. The topological polar surface area (TPSA) is 53.4 Å². The molecule has 1 aromatic heterocycles. The van der Waals surface area contributed by atoms with E-state index < -0.39 is 0 Å². The molecule has 132 valence electrons. The zero-order valence-corrected chi connectivity index (χ0v) is 14.9. The van der Waals surface area contributed by atoms with Gasteiger partial charge in [-0.05, 0) is 30.7 Å². The van der Waals surface area contributed by atoms with E-state index in [-0.39, 0.29) is 5.91 Å². The van der Waals surface area contributed by atoms with E-state index in [1.54, 1.807) is 0 Å². The number of rotatable bonds is 3. The van der Waals surface area contributed by atoms with E-state index in [2.05, 4.69) is 46.6 Å². The van der Waals surface area contributed by atoms with Gasteiger partial charge < -0.3 is 10.2 Å². The summed E-state index contributed by atoms with van der Waals surface area (Å²) in [4.78, 5) is 17.0. The standard InChI is InChI=1S/C19H25N5O/c1-22-12-15-6-4-3-5-14(15)9-17(22)13-23(2)19(25)18-10-16-11-20-7-8-24(16)21-18/h3-6,10,17,20H,7-9,11-13H2,1-2H3/t17-/m0/s1. The third kappa shape index (κ3) is 3.19. The van der Waals surface area contributed by atoms with Crippen LogP contribution in [0.4, 0.5) is 0 Å². The van der Waals surface area contributed by atoms with E-state index in [0.29, 0.717) is 18.3 Å². The Labute approximate surface area is 148 Å². The van der Waals surface area contributed by atoms with Crippen LogP contribution in [0.1, 0.15) is 27.3 Å². The van der Waals surface area contributed by atoms with E-state index in [1.807, 2.05) is 22.7 Å². The predicted octanol–water partition coefficient (Wildman–Crippen LogP) is 1.11. The molecule has 25 heavy (non-hydrogen) atoms. The smallest absolute Gasteiger partial charge is 0.274 e. The van der Waals surface area contributed by atoms with E-state index in [1.165, 1.54) is 11.1 Å². The molecule has 1 aromatic carbocycles. The Kier molecular flexibility index (Phi) is 4.31. The van der Waals surface area contributed by atoms with E-state index in [4.69, 9.17) is 0 Å². The zero-order chi connectivity index (χ0) is 17.4. The zero-order valence-electron chi connectivity index (χ0n) is 14.9. The maximum Gasteiger partial charge on any atom is 0.274 e. The first kappa shape index (κ1) is 16.3. The molecule has 0 spiro atoms. The summed E-state index contributed by atoms with van der Waals surface area (Å²) in [6.45, 7) is 4.17. The Morgan fingerprint density at radius 2 is 2.16 bits per heavy atom. The number of fused-ring (bicyclic) bond motifs is 2. The molecule has 6 heteroatoms. The highest BCUT2D eigenvalue weighted by molar-refractivity contribution is 5.92. The van der Waals surface area contributed by atoms with Crippen molar-refractivity contribution in [3.63, 3.8) is 0 Å². The molecule has 4 rings (SSSR count). The van der Waals surface area contributed by atoms with Crippen molar-refractivity contribution in [1.29, 1.82) is 0 Å². The first-order valence-corrected chi connectivity index (χ1v) is 8.92. The second-order valence-corrected chi connectivity index (χ2v) is 7.15. The Balaban J connectivity index is 1.45. The average molecular weight is 339 g/mol. The number of nitrogens with one attached hydrogen (secondary N) is 1. The van der Waals surface area contributed by atoms with E-state index >= 15 is 0 Å². The van der Waals surface area contributed by atoms with Gasteiger partial charge in [-0.25, -0.2) is 0 Å². The monoisotopic (exact) mass is 339 g/mol. The second kappa shape index (κ2) is 6.61. The lowest BCUT2D eigenvalue weighted by molar-refractivity contribution is 0.0727. The first-order chi connectivity index (χ1) is 12.1.